The zero-order chi connectivity index (χ0) is 13.3. The molecule has 0 saturated carbocycles. The fraction of sp³-hybridized carbons (Fsp3) is 0.462. The predicted octanol–water partition coefficient (Wildman–Crippen LogP) is 1.91. The van der Waals surface area contributed by atoms with E-state index >= 15 is 0 Å². The van der Waals surface area contributed by atoms with Gasteiger partial charge in [-0.15, -0.1) is 0 Å². The van der Waals surface area contributed by atoms with Gasteiger partial charge in [-0.25, -0.2) is 0 Å². The van der Waals surface area contributed by atoms with E-state index in [0.29, 0.717) is 35.8 Å². The minimum absolute atomic E-state index is 0.171. The van der Waals surface area contributed by atoms with Crippen LogP contribution in [-0.2, 0) is 0 Å². The molecule has 2 rings (SSSR count). The van der Waals surface area contributed by atoms with Gasteiger partial charge in [0.05, 0.1) is 11.2 Å². The molecule has 1 aromatic rings. The highest BCUT2D eigenvalue weighted by Gasteiger charge is 2.31. The third-order valence-electron chi connectivity index (χ3n) is 3.21. The Morgan fingerprint density at radius 2 is 2.28 bits per heavy atom. The van der Waals surface area contributed by atoms with Crippen molar-refractivity contribution < 1.29 is 9.90 Å². The third-order valence-corrected chi connectivity index (χ3v) is 3.44. The van der Waals surface area contributed by atoms with Gasteiger partial charge >= 0.3 is 0 Å². The van der Waals surface area contributed by atoms with E-state index in [1.54, 1.807) is 30.0 Å². The average molecular weight is 269 g/mol. The molecule has 0 spiro atoms. The Hall–Kier alpha value is -1.26. The maximum absolute atomic E-state index is 12.3. The molecule has 0 aliphatic carbocycles. The van der Waals surface area contributed by atoms with Crippen LogP contribution >= 0.6 is 11.6 Å². The number of rotatable bonds is 1. The number of amides is 1. The van der Waals surface area contributed by atoms with Crippen LogP contribution in [0.5, 0.6) is 0 Å². The summed E-state index contributed by atoms with van der Waals surface area (Å²) in [5.41, 5.74) is 5.79. The molecule has 0 bridgehead atoms. The number of β-amino-alcohol motifs (C(OH)–C–C–N with tert-alkyl or cyclic N) is 1. The first-order chi connectivity index (χ1) is 8.39. The molecular weight excluding hydrogens is 252 g/mol. The van der Waals surface area contributed by atoms with Crippen molar-refractivity contribution in [1.29, 1.82) is 0 Å². The van der Waals surface area contributed by atoms with Crippen molar-refractivity contribution in [3.8, 4) is 0 Å². The summed E-state index contributed by atoms with van der Waals surface area (Å²) in [7, 11) is 0. The number of hydrogen-bond donors (Lipinski definition) is 2. The van der Waals surface area contributed by atoms with Crippen molar-refractivity contribution in [3.05, 3.63) is 28.8 Å². The predicted molar refractivity (Wildman–Crippen MR) is 71.6 cm³/mol. The van der Waals surface area contributed by atoms with Crippen LogP contribution in [0, 0.1) is 0 Å². The van der Waals surface area contributed by atoms with Crippen molar-refractivity contribution in [2.75, 3.05) is 18.8 Å². The minimum Gasteiger partial charge on any atom is -0.398 e. The average Bonchev–Trinajstić information content (AvgIpc) is 2.30. The van der Waals surface area contributed by atoms with Gasteiger partial charge in [0.15, 0.2) is 0 Å². The Labute approximate surface area is 111 Å². The zero-order valence-electron chi connectivity index (χ0n) is 10.3. The SMILES string of the molecule is CC1(O)CCCN(C(=O)c2cc(Cl)ccc2N)C1. The first-order valence-corrected chi connectivity index (χ1v) is 6.33. The fourth-order valence-corrected chi connectivity index (χ4v) is 2.45. The van der Waals surface area contributed by atoms with Crippen LogP contribution in [-0.4, -0.2) is 34.6 Å². The van der Waals surface area contributed by atoms with Crippen molar-refractivity contribution in [2.24, 2.45) is 0 Å². The molecule has 3 N–H and O–H groups in total. The van der Waals surface area contributed by atoms with Gasteiger partial charge in [-0.2, -0.15) is 0 Å². The van der Waals surface area contributed by atoms with E-state index in [-0.39, 0.29) is 5.91 Å². The lowest BCUT2D eigenvalue weighted by Gasteiger charge is -2.37. The number of anilines is 1. The summed E-state index contributed by atoms with van der Waals surface area (Å²) in [5.74, 6) is -0.171. The molecule has 1 atom stereocenters. The molecule has 1 aliphatic heterocycles. The summed E-state index contributed by atoms with van der Waals surface area (Å²) in [5, 5.41) is 10.5. The van der Waals surface area contributed by atoms with Crippen molar-refractivity contribution >= 4 is 23.2 Å². The van der Waals surface area contributed by atoms with Crippen LogP contribution in [0.3, 0.4) is 0 Å². The van der Waals surface area contributed by atoms with Gasteiger partial charge in [0.2, 0.25) is 0 Å². The molecule has 5 heteroatoms. The van der Waals surface area contributed by atoms with Gasteiger partial charge in [0, 0.05) is 23.8 Å². The summed E-state index contributed by atoms with van der Waals surface area (Å²) < 4.78 is 0. The van der Waals surface area contributed by atoms with E-state index in [1.807, 2.05) is 0 Å². The van der Waals surface area contributed by atoms with Crippen molar-refractivity contribution in [1.82, 2.24) is 4.90 Å². The first kappa shape index (κ1) is 13.2. The number of nitrogens with two attached hydrogens (primary N) is 1. The summed E-state index contributed by atoms with van der Waals surface area (Å²) in [4.78, 5) is 14.0. The number of aliphatic hydroxyl groups is 1. The lowest BCUT2D eigenvalue weighted by molar-refractivity contribution is -0.0107. The topological polar surface area (TPSA) is 66.6 Å². The highest BCUT2D eigenvalue weighted by atomic mass is 35.5. The molecular formula is C13H17ClN2O2. The molecule has 1 aliphatic rings. The van der Waals surface area contributed by atoms with Crippen molar-refractivity contribution in [3.63, 3.8) is 0 Å². The van der Waals surface area contributed by atoms with Crippen LogP contribution < -0.4 is 5.73 Å². The Morgan fingerprint density at radius 3 is 2.94 bits per heavy atom. The number of nitrogens with zero attached hydrogens (tertiary/aromatic N) is 1. The van der Waals surface area contributed by atoms with Gasteiger partial charge < -0.3 is 15.7 Å². The number of piperidine rings is 1. The second-order valence-corrected chi connectivity index (χ2v) is 5.50. The Balaban J connectivity index is 2.23. The van der Waals surface area contributed by atoms with Crippen LogP contribution in [0.1, 0.15) is 30.1 Å². The second-order valence-electron chi connectivity index (χ2n) is 5.06. The van der Waals surface area contributed by atoms with E-state index in [9.17, 15) is 9.90 Å². The highest BCUT2D eigenvalue weighted by Crippen LogP contribution is 2.25. The molecule has 18 heavy (non-hydrogen) atoms. The highest BCUT2D eigenvalue weighted by molar-refractivity contribution is 6.31. The number of carbonyl (C=O) groups is 1. The van der Waals surface area contributed by atoms with Gasteiger partial charge in [-0.05, 0) is 38.0 Å². The fourth-order valence-electron chi connectivity index (χ4n) is 2.28. The first-order valence-electron chi connectivity index (χ1n) is 5.96. The molecule has 1 amide bonds. The normalized spacial score (nSPS) is 24.1. The summed E-state index contributed by atoms with van der Waals surface area (Å²) in [6.45, 7) is 2.71. The molecule has 1 fully saturated rings. The molecule has 1 saturated heterocycles. The third kappa shape index (κ3) is 2.76. The number of benzene rings is 1. The molecule has 0 radical (unpaired) electrons. The lowest BCUT2D eigenvalue weighted by Crippen LogP contribution is -2.48. The Bertz CT molecular complexity index is 474. The summed E-state index contributed by atoms with van der Waals surface area (Å²) >= 11 is 5.88. The summed E-state index contributed by atoms with van der Waals surface area (Å²) in [6, 6.07) is 4.85. The maximum Gasteiger partial charge on any atom is 0.256 e. The smallest absolute Gasteiger partial charge is 0.256 e. The lowest BCUT2D eigenvalue weighted by atomic mass is 9.94. The number of carbonyl (C=O) groups excluding carboxylic acids is 1. The van der Waals surface area contributed by atoms with E-state index < -0.39 is 5.60 Å². The van der Waals surface area contributed by atoms with Gasteiger partial charge in [-0.1, -0.05) is 11.6 Å². The van der Waals surface area contributed by atoms with E-state index in [1.165, 1.54) is 0 Å². The van der Waals surface area contributed by atoms with E-state index in [4.69, 9.17) is 17.3 Å². The molecule has 4 nitrogen and oxygen atoms in total. The molecule has 0 aromatic heterocycles. The van der Waals surface area contributed by atoms with Crippen molar-refractivity contribution in [2.45, 2.75) is 25.4 Å². The monoisotopic (exact) mass is 268 g/mol. The number of halogens is 1. The van der Waals surface area contributed by atoms with Crippen LogP contribution in [0.15, 0.2) is 18.2 Å². The quantitative estimate of drug-likeness (QED) is 0.765. The minimum atomic E-state index is -0.818. The second kappa shape index (κ2) is 4.78. The number of likely N-dealkylation sites (tertiary alicyclic amines) is 1. The van der Waals surface area contributed by atoms with Crippen LogP contribution in [0.25, 0.3) is 0 Å². The van der Waals surface area contributed by atoms with Gasteiger partial charge in [0.25, 0.3) is 5.91 Å². The molecule has 1 heterocycles. The largest absolute Gasteiger partial charge is 0.398 e. The molecule has 1 aromatic carbocycles. The zero-order valence-corrected chi connectivity index (χ0v) is 11.1. The van der Waals surface area contributed by atoms with E-state index in [2.05, 4.69) is 0 Å². The number of hydrogen-bond acceptors (Lipinski definition) is 3. The van der Waals surface area contributed by atoms with Gasteiger partial charge in [-0.3, -0.25) is 4.79 Å². The Morgan fingerprint density at radius 1 is 1.56 bits per heavy atom. The summed E-state index contributed by atoms with van der Waals surface area (Å²) in [6.07, 6.45) is 1.50. The number of nitrogen functional groups attached to an aromatic ring is 1. The Kier molecular flexibility index (Phi) is 3.50. The maximum atomic E-state index is 12.3. The van der Waals surface area contributed by atoms with Gasteiger partial charge in [0.1, 0.15) is 0 Å². The van der Waals surface area contributed by atoms with Crippen LogP contribution in [0.2, 0.25) is 5.02 Å². The van der Waals surface area contributed by atoms with E-state index in [0.717, 1.165) is 6.42 Å². The standard InChI is InChI=1S/C13H17ClN2O2/c1-13(18)5-2-6-16(8-13)12(17)10-7-9(14)3-4-11(10)15/h3-4,7,18H,2,5-6,8,15H2,1H3. The molecule has 98 valence electrons. The van der Waals surface area contributed by atoms with Crippen LogP contribution in [0.4, 0.5) is 5.69 Å². The molecule has 1 unspecified atom stereocenters.